The van der Waals surface area contributed by atoms with Crippen LogP contribution in [0.25, 0.3) is 0 Å². The first-order valence-electron chi connectivity index (χ1n) is 8.92. The maximum atomic E-state index is 12.4. The summed E-state index contributed by atoms with van der Waals surface area (Å²) in [6.07, 6.45) is 4.88. The van der Waals surface area contributed by atoms with Crippen LogP contribution in [-0.2, 0) is 19.1 Å². The molecule has 2 unspecified atom stereocenters. The van der Waals surface area contributed by atoms with Gasteiger partial charge in [-0.3, -0.25) is 0 Å². The van der Waals surface area contributed by atoms with Crippen LogP contribution in [0.1, 0.15) is 33.6 Å². The summed E-state index contributed by atoms with van der Waals surface area (Å²) in [6, 6.07) is 6.77. The Morgan fingerprint density at radius 3 is 2.43 bits per heavy atom. The van der Waals surface area contributed by atoms with Gasteiger partial charge in [0.1, 0.15) is 11.9 Å². The van der Waals surface area contributed by atoms with E-state index in [1.54, 1.807) is 37.3 Å². The van der Waals surface area contributed by atoms with Crippen molar-refractivity contribution in [1.29, 1.82) is 0 Å². The molecule has 0 bridgehead atoms. The van der Waals surface area contributed by atoms with Crippen LogP contribution < -0.4 is 4.74 Å². The number of hydrogen-bond donors (Lipinski definition) is 0. The summed E-state index contributed by atoms with van der Waals surface area (Å²) in [5, 5.41) is 0.592. The number of esters is 2. The average molecular weight is 407 g/mol. The third-order valence-electron chi connectivity index (χ3n) is 3.88. The lowest BCUT2D eigenvalue weighted by atomic mass is 10.0. The van der Waals surface area contributed by atoms with Crippen molar-refractivity contribution in [3.8, 4) is 5.75 Å². The number of hydrogen-bond acceptors (Lipinski definition) is 5. The molecule has 152 valence electrons. The average Bonchev–Trinajstić information content (AvgIpc) is 2.66. The molecule has 0 amide bonds. The van der Waals surface area contributed by atoms with E-state index in [0.717, 1.165) is 11.1 Å². The summed E-state index contributed by atoms with van der Waals surface area (Å²) in [7, 11) is 1.33. The van der Waals surface area contributed by atoms with Gasteiger partial charge in [-0.05, 0) is 63.5 Å². The lowest BCUT2D eigenvalue weighted by Gasteiger charge is -2.21. The number of carbonyl (C=O) groups is 2. The Bertz CT molecular complexity index is 734. The minimum Gasteiger partial charge on any atom is -0.479 e. The normalized spacial score (nSPS) is 13.7. The van der Waals surface area contributed by atoms with Crippen LogP contribution in [0.3, 0.4) is 0 Å². The third kappa shape index (κ3) is 8.91. The van der Waals surface area contributed by atoms with E-state index in [0.29, 0.717) is 23.6 Å². The molecule has 0 fully saturated rings. The van der Waals surface area contributed by atoms with Crippen LogP contribution in [0.2, 0.25) is 5.02 Å². The number of carbonyl (C=O) groups excluding carboxylic acids is 2. The van der Waals surface area contributed by atoms with Gasteiger partial charge in [0.2, 0.25) is 0 Å². The van der Waals surface area contributed by atoms with Crippen molar-refractivity contribution in [2.45, 2.75) is 45.8 Å². The highest BCUT2D eigenvalue weighted by molar-refractivity contribution is 6.30. The second-order valence-corrected chi connectivity index (χ2v) is 6.86. The zero-order valence-electron chi connectivity index (χ0n) is 16.7. The molecule has 0 aliphatic heterocycles. The second kappa shape index (κ2) is 12.0. The standard InChI is InChI=1S/C22H27ClO5/c1-15(2)20(14-9-16(3)7-6-8-21(24)26-5)28-22(25)17(4)27-19-12-10-18(23)11-13-19/h6-8,10-13,17,20H,1,9,14H2,2-5H3. The van der Waals surface area contributed by atoms with Crippen LogP contribution >= 0.6 is 11.6 Å². The zero-order chi connectivity index (χ0) is 21.1. The lowest BCUT2D eigenvalue weighted by Crippen LogP contribution is -2.30. The first-order chi connectivity index (χ1) is 13.2. The number of rotatable bonds is 10. The number of ether oxygens (including phenoxy) is 3. The number of halogens is 1. The number of allylic oxidation sites excluding steroid dienone is 3. The van der Waals surface area contributed by atoms with Crippen LogP contribution in [0, 0.1) is 0 Å². The van der Waals surface area contributed by atoms with E-state index in [1.165, 1.54) is 13.2 Å². The fraction of sp³-hybridized carbons (Fsp3) is 0.364. The lowest BCUT2D eigenvalue weighted by molar-refractivity contribution is -0.155. The molecule has 0 saturated heterocycles. The van der Waals surface area contributed by atoms with E-state index in [9.17, 15) is 9.59 Å². The predicted molar refractivity (Wildman–Crippen MR) is 110 cm³/mol. The zero-order valence-corrected chi connectivity index (χ0v) is 17.5. The minimum absolute atomic E-state index is 0.410. The Morgan fingerprint density at radius 2 is 1.86 bits per heavy atom. The van der Waals surface area contributed by atoms with E-state index in [2.05, 4.69) is 11.3 Å². The number of methoxy groups -OCH3 is 1. The molecule has 0 N–H and O–H groups in total. The number of benzene rings is 1. The fourth-order valence-electron chi connectivity index (χ4n) is 2.21. The SMILES string of the molecule is C=C(C)C(CCC(C)=CC=CC(=O)OC)OC(=O)C(C)Oc1ccc(Cl)cc1. The minimum atomic E-state index is -0.761. The predicted octanol–water partition coefficient (Wildman–Crippen LogP) is 5.05. The molecule has 1 aromatic carbocycles. The van der Waals surface area contributed by atoms with E-state index < -0.39 is 24.1 Å². The van der Waals surface area contributed by atoms with Gasteiger partial charge < -0.3 is 14.2 Å². The molecular formula is C22H27ClO5. The molecule has 1 aromatic rings. The summed E-state index contributed by atoms with van der Waals surface area (Å²) in [6.45, 7) is 9.30. The smallest absolute Gasteiger partial charge is 0.347 e. The highest BCUT2D eigenvalue weighted by atomic mass is 35.5. The molecule has 0 aromatic heterocycles. The molecule has 0 aliphatic carbocycles. The molecule has 5 nitrogen and oxygen atoms in total. The first-order valence-corrected chi connectivity index (χ1v) is 9.30. The van der Waals surface area contributed by atoms with Gasteiger partial charge >= 0.3 is 11.9 Å². The van der Waals surface area contributed by atoms with Crippen LogP contribution in [0.5, 0.6) is 5.75 Å². The van der Waals surface area contributed by atoms with E-state index >= 15 is 0 Å². The Hall–Kier alpha value is -2.53. The summed E-state index contributed by atoms with van der Waals surface area (Å²) in [5.74, 6) is -0.334. The van der Waals surface area contributed by atoms with Crippen LogP contribution in [-0.4, -0.2) is 31.3 Å². The molecule has 6 heteroatoms. The highest BCUT2D eigenvalue weighted by Crippen LogP contribution is 2.19. The van der Waals surface area contributed by atoms with Gasteiger partial charge in [0.25, 0.3) is 0 Å². The Balaban J connectivity index is 2.58. The van der Waals surface area contributed by atoms with Crippen LogP contribution in [0.4, 0.5) is 0 Å². The Labute approximate surface area is 171 Å². The van der Waals surface area contributed by atoms with Crippen molar-refractivity contribution >= 4 is 23.5 Å². The monoisotopic (exact) mass is 406 g/mol. The first kappa shape index (κ1) is 23.5. The molecule has 0 aliphatic rings. The van der Waals surface area contributed by atoms with Gasteiger partial charge in [0.05, 0.1) is 7.11 Å². The van der Waals surface area contributed by atoms with Gasteiger partial charge in [0.15, 0.2) is 6.10 Å². The van der Waals surface area contributed by atoms with E-state index in [-0.39, 0.29) is 0 Å². The summed E-state index contributed by atoms with van der Waals surface area (Å²) in [5.41, 5.74) is 1.79. The van der Waals surface area contributed by atoms with Gasteiger partial charge in [-0.25, -0.2) is 9.59 Å². The van der Waals surface area contributed by atoms with E-state index in [1.807, 2.05) is 19.9 Å². The summed E-state index contributed by atoms with van der Waals surface area (Å²) >= 11 is 5.84. The molecule has 0 spiro atoms. The Morgan fingerprint density at radius 1 is 1.21 bits per heavy atom. The largest absolute Gasteiger partial charge is 0.479 e. The van der Waals surface area contributed by atoms with Gasteiger partial charge in [-0.15, -0.1) is 0 Å². The summed E-state index contributed by atoms with van der Waals surface area (Å²) < 4.78 is 15.7. The van der Waals surface area contributed by atoms with Crippen molar-refractivity contribution in [2.75, 3.05) is 7.11 Å². The van der Waals surface area contributed by atoms with Gasteiger partial charge in [-0.2, -0.15) is 0 Å². The van der Waals surface area contributed by atoms with Gasteiger partial charge in [-0.1, -0.05) is 35.9 Å². The molecule has 28 heavy (non-hydrogen) atoms. The maximum absolute atomic E-state index is 12.4. The highest BCUT2D eigenvalue weighted by Gasteiger charge is 2.22. The molecule has 0 heterocycles. The molecule has 1 rings (SSSR count). The topological polar surface area (TPSA) is 61.8 Å². The molecule has 2 atom stereocenters. The quantitative estimate of drug-likeness (QED) is 0.235. The molecule has 0 radical (unpaired) electrons. The fourth-order valence-corrected chi connectivity index (χ4v) is 2.33. The van der Waals surface area contributed by atoms with Crippen molar-refractivity contribution in [3.05, 3.63) is 65.2 Å². The van der Waals surface area contributed by atoms with Crippen molar-refractivity contribution < 1.29 is 23.8 Å². The van der Waals surface area contributed by atoms with Gasteiger partial charge in [0, 0.05) is 11.1 Å². The van der Waals surface area contributed by atoms with E-state index in [4.69, 9.17) is 21.1 Å². The summed E-state index contributed by atoms with van der Waals surface area (Å²) in [4.78, 5) is 23.4. The van der Waals surface area contributed by atoms with Crippen molar-refractivity contribution in [3.63, 3.8) is 0 Å². The third-order valence-corrected chi connectivity index (χ3v) is 4.13. The maximum Gasteiger partial charge on any atom is 0.347 e. The van der Waals surface area contributed by atoms with Crippen molar-refractivity contribution in [2.24, 2.45) is 0 Å². The molecular weight excluding hydrogens is 380 g/mol. The second-order valence-electron chi connectivity index (χ2n) is 6.42. The molecule has 0 saturated carbocycles. The van der Waals surface area contributed by atoms with Crippen LogP contribution in [0.15, 0.2) is 60.2 Å². The Kier molecular flexibility index (Phi) is 10.1. The van der Waals surface area contributed by atoms with Crippen molar-refractivity contribution in [1.82, 2.24) is 0 Å².